The second-order valence-corrected chi connectivity index (χ2v) is 5.42. The summed E-state index contributed by atoms with van der Waals surface area (Å²) in [4.78, 5) is 11.8. The number of hydrogen-bond donors (Lipinski definition) is 3. The number of anilines is 1. The number of benzene rings is 1. The Morgan fingerprint density at radius 3 is 2.70 bits per heavy atom. The summed E-state index contributed by atoms with van der Waals surface area (Å²) in [5, 5.41) is 15.6. The fraction of sp³-hybridized carbons (Fsp3) is 0.533. The van der Waals surface area contributed by atoms with Crippen LogP contribution in [0.1, 0.15) is 31.2 Å². The molecule has 0 heterocycles. The molecule has 5 heteroatoms. The van der Waals surface area contributed by atoms with E-state index in [2.05, 4.69) is 10.6 Å². The van der Waals surface area contributed by atoms with E-state index in [-0.39, 0.29) is 6.03 Å². The van der Waals surface area contributed by atoms with Gasteiger partial charge in [-0.05, 0) is 43.5 Å². The lowest BCUT2D eigenvalue weighted by Crippen LogP contribution is -2.42. The Bertz CT molecular complexity index is 482. The SMILES string of the molecule is COc1ccc(NC(=O)NCC2(O)CCCC2)cc1C. The Morgan fingerprint density at radius 1 is 1.40 bits per heavy atom. The summed E-state index contributed by atoms with van der Waals surface area (Å²) in [7, 11) is 1.62. The fourth-order valence-corrected chi connectivity index (χ4v) is 2.59. The lowest BCUT2D eigenvalue weighted by atomic mass is 10.0. The van der Waals surface area contributed by atoms with Crippen LogP contribution in [0.5, 0.6) is 5.75 Å². The van der Waals surface area contributed by atoms with Gasteiger partial charge in [0.05, 0.1) is 12.7 Å². The molecule has 3 N–H and O–H groups in total. The number of ether oxygens (including phenoxy) is 1. The van der Waals surface area contributed by atoms with Crippen molar-refractivity contribution >= 4 is 11.7 Å². The molecule has 2 amide bonds. The molecule has 0 bridgehead atoms. The summed E-state index contributed by atoms with van der Waals surface area (Å²) in [5.74, 6) is 0.788. The summed E-state index contributed by atoms with van der Waals surface area (Å²) in [6, 6.07) is 5.16. The van der Waals surface area contributed by atoms with Crippen molar-refractivity contribution in [2.45, 2.75) is 38.2 Å². The highest BCUT2D eigenvalue weighted by molar-refractivity contribution is 5.89. The number of carbonyl (C=O) groups is 1. The van der Waals surface area contributed by atoms with Crippen LogP contribution in [0.3, 0.4) is 0 Å². The van der Waals surface area contributed by atoms with Gasteiger partial charge in [-0.3, -0.25) is 0 Å². The van der Waals surface area contributed by atoms with Gasteiger partial charge < -0.3 is 20.5 Å². The van der Waals surface area contributed by atoms with Crippen molar-refractivity contribution in [3.05, 3.63) is 23.8 Å². The van der Waals surface area contributed by atoms with Crippen LogP contribution in [0.25, 0.3) is 0 Å². The molecule has 1 aliphatic carbocycles. The molecule has 110 valence electrons. The van der Waals surface area contributed by atoms with Gasteiger partial charge in [-0.15, -0.1) is 0 Å². The summed E-state index contributed by atoms with van der Waals surface area (Å²) < 4.78 is 5.17. The van der Waals surface area contributed by atoms with Gasteiger partial charge >= 0.3 is 6.03 Å². The Kier molecular flexibility index (Phi) is 4.49. The number of urea groups is 1. The van der Waals surface area contributed by atoms with Crippen molar-refractivity contribution in [1.29, 1.82) is 0 Å². The predicted molar refractivity (Wildman–Crippen MR) is 78.2 cm³/mol. The molecule has 0 aliphatic heterocycles. The molecule has 1 saturated carbocycles. The molecule has 0 spiro atoms. The topological polar surface area (TPSA) is 70.6 Å². The van der Waals surface area contributed by atoms with Crippen LogP contribution < -0.4 is 15.4 Å². The van der Waals surface area contributed by atoms with Gasteiger partial charge in [-0.25, -0.2) is 4.79 Å². The first-order chi connectivity index (χ1) is 9.52. The zero-order valence-corrected chi connectivity index (χ0v) is 12.0. The third kappa shape index (κ3) is 3.63. The Hall–Kier alpha value is -1.75. The molecule has 0 radical (unpaired) electrons. The Balaban J connectivity index is 1.86. The summed E-state index contributed by atoms with van der Waals surface area (Å²) in [6.07, 6.45) is 3.57. The number of hydrogen-bond acceptors (Lipinski definition) is 3. The molecule has 5 nitrogen and oxygen atoms in total. The first-order valence-electron chi connectivity index (χ1n) is 6.94. The average Bonchev–Trinajstić information content (AvgIpc) is 2.84. The third-order valence-electron chi connectivity index (χ3n) is 3.76. The van der Waals surface area contributed by atoms with Crippen LogP contribution in [0, 0.1) is 6.92 Å². The molecule has 20 heavy (non-hydrogen) atoms. The van der Waals surface area contributed by atoms with Gasteiger partial charge in [0.15, 0.2) is 0 Å². The largest absolute Gasteiger partial charge is 0.496 e. The number of carbonyl (C=O) groups excluding carboxylic acids is 1. The van der Waals surface area contributed by atoms with Crippen molar-refractivity contribution in [3.8, 4) is 5.75 Å². The zero-order chi connectivity index (χ0) is 14.6. The molecule has 1 aliphatic rings. The highest BCUT2D eigenvalue weighted by Gasteiger charge is 2.31. The van der Waals surface area contributed by atoms with Gasteiger partial charge in [0.1, 0.15) is 5.75 Å². The molecule has 1 aromatic rings. The van der Waals surface area contributed by atoms with Gasteiger partial charge in [0.2, 0.25) is 0 Å². The van der Waals surface area contributed by atoms with Crippen molar-refractivity contribution in [1.82, 2.24) is 5.32 Å². The van der Waals surface area contributed by atoms with Gasteiger partial charge in [-0.1, -0.05) is 12.8 Å². The minimum absolute atomic E-state index is 0.296. The summed E-state index contributed by atoms with van der Waals surface area (Å²) >= 11 is 0. The monoisotopic (exact) mass is 278 g/mol. The first-order valence-corrected chi connectivity index (χ1v) is 6.94. The Morgan fingerprint density at radius 2 is 2.10 bits per heavy atom. The maximum atomic E-state index is 11.8. The van der Waals surface area contributed by atoms with Crippen LogP contribution in [-0.4, -0.2) is 30.4 Å². The number of rotatable bonds is 4. The lowest BCUT2D eigenvalue weighted by Gasteiger charge is -2.22. The van der Waals surface area contributed by atoms with Gasteiger partial charge in [0, 0.05) is 12.2 Å². The highest BCUT2D eigenvalue weighted by atomic mass is 16.5. The van der Waals surface area contributed by atoms with Crippen LogP contribution in [0.2, 0.25) is 0 Å². The molecule has 0 atom stereocenters. The maximum absolute atomic E-state index is 11.8. The average molecular weight is 278 g/mol. The standard InChI is InChI=1S/C15H22N2O3/c1-11-9-12(5-6-13(11)20-2)17-14(18)16-10-15(19)7-3-4-8-15/h5-6,9,19H,3-4,7-8,10H2,1-2H3,(H2,16,17,18). The van der Waals surface area contributed by atoms with Gasteiger partial charge in [-0.2, -0.15) is 0 Å². The number of nitrogens with one attached hydrogen (secondary N) is 2. The van der Waals surface area contributed by atoms with Crippen LogP contribution in [0.4, 0.5) is 10.5 Å². The van der Waals surface area contributed by atoms with E-state index in [9.17, 15) is 9.90 Å². The summed E-state index contributed by atoms with van der Waals surface area (Å²) in [5.41, 5.74) is 0.937. The van der Waals surface area contributed by atoms with E-state index in [0.717, 1.165) is 37.0 Å². The second-order valence-electron chi connectivity index (χ2n) is 5.42. The number of amides is 2. The molecule has 0 unspecified atom stereocenters. The molecule has 0 saturated heterocycles. The molecule has 2 rings (SSSR count). The number of aliphatic hydroxyl groups is 1. The van der Waals surface area contributed by atoms with Crippen molar-refractivity contribution < 1.29 is 14.6 Å². The quantitative estimate of drug-likeness (QED) is 0.792. The Labute approximate surface area is 119 Å². The van der Waals surface area contributed by atoms with Crippen molar-refractivity contribution in [3.63, 3.8) is 0 Å². The van der Waals surface area contributed by atoms with E-state index in [1.807, 2.05) is 19.1 Å². The van der Waals surface area contributed by atoms with Crippen molar-refractivity contribution in [2.24, 2.45) is 0 Å². The minimum atomic E-state index is -0.729. The predicted octanol–water partition coefficient (Wildman–Crippen LogP) is 2.43. The third-order valence-corrected chi connectivity index (χ3v) is 3.76. The van der Waals surface area contributed by atoms with Crippen LogP contribution >= 0.6 is 0 Å². The first kappa shape index (κ1) is 14.7. The molecule has 0 aromatic heterocycles. The number of aryl methyl sites for hydroxylation is 1. The van der Waals surface area contributed by atoms with Crippen molar-refractivity contribution in [2.75, 3.05) is 19.0 Å². The van der Waals surface area contributed by atoms with E-state index in [0.29, 0.717) is 12.2 Å². The lowest BCUT2D eigenvalue weighted by molar-refractivity contribution is 0.0506. The van der Waals surface area contributed by atoms with E-state index < -0.39 is 5.60 Å². The van der Waals surface area contributed by atoms with Crippen LogP contribution in [-0.2, 0) is 0 Å². The van der Waals surface area contributed by atoms with E-state index in [1.165, 1.54) is 0 Å². The smallest absolute Gasteiger partial charge is 0.319 e. The minimum Gasteiger partial charge on any atom is -0.496 e. The number of methoxy groups -OCH3 is 1. The molecule has 1 aromatic carbocycles. The second kappa shape index (κ2) is 6.13. The fourth-order valence-electron chi connectivity index (χ4n) is 2.59. The normalized spacial score (nSPS) is 16.8. The highest BCUT2D eigenvalue weighted by Crippen LogP contribution is 2.28. The molecular weight excluding hydrogens is 256 g/mol. The molecule has 1 fully saturated rings. The van der Waals surface area contributed by atoms with E-state index >= 15 is 0 Å². The maximum Gasteiger partial charge on any atom is 0.319 e. The van der Waals surface area contributed by atoms with E-state index in [4.69, 9.17) is 4.74 Å². The van der Waals surface area contributed by atoms with E-state index in [1.54, 1.807) is 13.2 Å². The summed E-state index contributed by atoms with van der Waals surface area (Å²) in [6.45, 7) is 2.22. The van der Waals surface area contributed by atoms with Gasteiger partial charge in [0.25, 0.3) is 0 Å². The molecular formula is C15H22N2O3. The zero-order valence-electron chi connectivity index (χ0n) is 12.0. The van der Waals surface area contributed by atoms with Crippen LogP contribution in [0.15, 0.2) is 18.2 Å².